The maximum absolute atomic E-state index is 14.7. The van der Waals surface area contributed by atoms with Gasteiger partial charge in [0, 0.05) is 62.6 Å². The number of carbonyl (C=O) groups is 5. The van der Waals surface area contributed by atoms with Crippen LogP contribution in [0.4, 0.5) is 15.9 Å². The smallest absolute Gasteiger partial charge is 0.258 e. The fourth-order valence-electron chi connectivity index (χ4n) is 10.2. The number of benzene rings is 2. The zero-order valence-corrected chi connectivity index (χ0v) is 46.9. The molecule has 3 saturated heterocycles. The highest BCUT2D eigenvalue weighted by atomic mass is 35.5. The second kappa shape index (κ2) is 25.0. The lowest BCUT2D eigenvalue weighted by Crippen LogP contribution is -2.58. The monoisotopic (exact) mass is 1100 g/mol. The maximum atomic E-state index is 14.7. The summed E-state index contributed by atoms with van der Waals surface area (Å²) in [6.45, 7) is 14.2. The number of alkyl halides is 1. The van der Waals surface area contributed by atoms with Crippen molar-refractivity contribution in [3.05, 3.63) is 70.6 Å². The fraction of sp³-hybridized carbons (Fsp3) is 0.571. The van der Waals surface area contributed by atoms with Gasteiger partial charge in [-0.2, -0.15) is 0 Å². The van der Waals surface area contributed by atoms with Gasteiger partial charge in [0.15, 0.2) is 5.67 Å². The molecule has 5 heterocycles. The van der Waals surface area contributed by atoms with Gasteiger partial charge >= 0.3 is 0 Å². The summed E-state index contributed by atoms with van der Waals surface area (Å²) >= 11 is 9.73. The van der Waals surface area contributed by atoms with Crippen LogP contribution in [0.5, 0.6) is 5.75 Å². The molecule has 3 aliphatic heterocycles. The summed E-state index contributed by atoms with van der Waals surface area (Å²) in [6.07, 6.45) is 11.5. The highest BCUT2D eigenvalue weighted by Gasteiger charge is 2.53. The van der Waals surface area contributed by atoms with Gasteiger partial charge in [-0.05, 0) is 125 Å². The Morgan fingerprint density at radius 2 is 1.72 bits per heavy atom. The average Bonchev–Trinajstić information content (AvgIpc) is 3.73. The van der Waals surface area contributed by atoms with E-state index in [1.54, 1.807) is 24.0 Å². The number of piperidine rings is 2. The number of aromatic nitrogens is 3. The normalized spacial score (nSPS) is 18.7. The first-order valence-electron chi connectivity index (χ1n) is 26.9. The Bertz CT molecular complexity index is 2700. The SMILES string of the molecule is Cc1ncsc1-c1ccc(CNC(=O)[C@@H]2CCCN2C(=O)[C@@H](NC(=O)C2(F)CC2)C(C)(C)C)c(OCCCC(=O)N2CCC(CCCC(=O)Nc3cccc(Sc4cnc(N5CCC(C)(CN)CC5)cn4)c3Cl)CC2)c1. The van der Waals surface area contributed by atoms with E-state index in [9.17, 15) is 28.4 Å². The van der Waals surface area contributed by atoms with E-state index in [-0.39, 0.29) is 49.1 Å². The van der Waals surface area contributed by atoms with Gasteiger partial charge in [0.05, 0.1) is 45.8 Å². The molecule has 4 fully saturated rings. The van der Waals surface area contributed by atoms with Crippen molar-refractivity contribution in [3.8, 4) is 16.2 Å². The summed E-state index contributed by atoms with van der Waals surface area (Å²) in [5.74, 6) is 0.348. The van der Waals surface area contributed by atoms with Gasteiger partial charge in [-0.15, -0.1) is 11.3 Å². The molecular formula is C56H74ClFN10O6S2. The van der Waals surface area contributed by atoms with Crippen molar-refractivity contribution in [2.45, 2.75) is 152 Å². The van der Waals surface area contributed by atoms with Crippen LogP contribution >= 0.6 is 34.7 Å². The average molecular weight is 1100 g/mol. The van der Waals surface area contributed by atoms with Crippen LogP contribution in [0.2, 0.25) is 5.02 Å². The van der Waals surface area contributed by atoms with Crippen molar-refractivity contribution in [1.29, 1.82) is 0 Å². The molecule has 1 saturated carbocycles. The van der Waals surface area contributed by atoms with Gasteiger partial charge < -0.3 is 41.1 Å². The lowest BCUT2D eigenvalue weighted by atomic mass is 9.80. The number of aryl methyl sites for hydroxylation is 1. The van der Waals surface area contributed by atoms with Gasteiger partial charge in [-0.1, -0.05) is 69.3 Å². The van der Waals surface area contributed by atoms with Crippen molar-refractivity contribution >= 4 is 75.7 Å². The van der Waals surface area contributed by atoms with Crippen LogP contribution in [-0.2, 0) is 30.5 Å². The number of halogens is 2. The highest BCUT2D eigenvalue weighted by Crippen LogP contribution is 2.41. The third-order valence-corrected chi connectivity index (χ3v) is 18.0. The maximum Gasteiger partial charge on any atom is 0.258 e. The van der Waals surface area contributed by atoms with E-state index in [1.807, 2.05) is 62.9 Å². The third-order valence-electron chi connectivity index (χ3n) is 15.5. The second-order valence-electron chi connectivity index (χ2n) is 22.4. The first kappa shape index (κ1) is 56.8. The van der Waals surface area contributed by atoms with Crippen LogP contribution in [0, 0.1) is 23.7 Å². The number of nitrogens with zero attached hydrogens (tertiary/aromatic N) is 6. The second-order valence-corrected chi connectivity index (χ2v) is 24.7. The molecule has 4 aliphatic rings. The van der Waals surface area contributed by atoms with Crippen LogP contribution in [-0.4, -0.2) is 118 Å². The van der Waals surface area contributed by atoms with E-state index in [4.69, 9.17) is 22.1 Å². The Morgan fingerprint density at radius 1 is 0.961 bits per heavy atom. The predicted octanol–water partition coefficient (Wildman–Crippen LogP) is 9.13. The van der Waals surface area contributed by atoms with Crippen molar-refractivity contribution < 1.29 is 33.1 Å². The van der Waals surface area contributed by atoms with Crippen LogP contribution < -0.4 is 31.3 Å². The summed E-state index contributed by atoms with van der Waals surface area (Å²) in [6, 6.07) is 9.67. The minimum Gasteiger partial charge on any atom is -0.493 e. The van der Waals surface area contributed by atoms with Crippen molar-refractivity contribution in [1.82, 2.24) is 35.4 Å². The minimum absolute atomic E-state index is 0.0817. The molecule has 5 amide bonds. The molecule has 0 radical (unpaired) electrons. The summed E-state index contributed by atoms with van der Waals surface area (Å²) in [4.78, 5) is 88.2. The van der Waals surface area contributed by atoms with Gasteiger partial charge in [-0.25, -0.2) is 19.3 Å². The molecule has 1 aliphatic carbocycles. The first-order valence-corrected chi connectivity index (χ1v) is 29.0. The fourth-order valence-corrected chi connectivity index (χ4v) is 12.0. The zero-order valence-electron chi connectivity index (χ0n) is 44.6. The Kier molecular flexibility index (Phi) is 18.7. The van der Waals surface area contributed by atoms with E-state index >= 15 is 0 Å². The number of hydrogen-bond acceptors (Lipinski definition) is 13. The van der Waals surface area contributed by atoms with E-state index < -0.39 is 35.0 Å². The number of nitrogens with two attached hydrogens (primary N) is 1. The van der Waals surface area contributed by atoms with Crippen LogP contribution in [0.1, 0.15) is 122 Å². The predicted molar refractivity (Wildman–Crippen MR) is 296 cm³/mol. The Balaban J connectivity index is 0.760. The minimum atomic E-state index is -1.93. The Labute approximate surface area is 459 Å². The van der Waals surface area contributed by atoms with E-state index in [0.29, 0.717) is 85.7 Å². The molecule has 2 aromatic heterocycles. The number of ether oxygens (including phenoxy) is 1. The van der Waals surface area contributed by atoms with Crippen molar-refractivity contribution in [3.63, 3.8) is 0 Å². The molecule has 410 valence electrons. The molecule has 16 nitrogen and oxygen atoms in total. The standard InChI is InChI=1S/C56H74ClFN10O6S2/c1-36-49(75-35-63-36)38-16-17-39(31-62-51(71)41-12-8-24-68(41)52(72)50(54(2,3)4)65-53(73)56(58)20-21-56)42(30-38)74-29-9-15-47(70)67-25-18-37(19-26-67)10-6-14-45(69)64-40-11-7-13-43(48(40)57)76-46-33-60-44(32-61-46)66-27-22-55(5,34-59)23-28-66/h7,11,13,16-17,30,32-33,35,37,41,50H,6,8-10,12,14-15,18-29,31,34,59H2,1-5H3,(H,62,71)(H,64,69)(H,65,73)/t41-,50+/m0/s1. The number of rotatable bonds is 21. The topological polar surface area (TPSA) is 205 Å². The number of thiazole rings is 1. The zero-order chi connectivity index (χ0) is 54.2. The molecule has 0 bridgehead atoms. The Hall–Kier alpha value is -5.37. The van der Waals surface area contributed by atoms with Gasteiger partial charge in [-0.3, -0.25) is 24.0 Å². The molecule has 4 aromatic rings. The molecule has 20 heteroatoms. The van der Waals surface area contributed by atoms with Crippen LogP contribution in [0.3, 0.4) is 0 Å². The summed E-state index contributed by atoms with van der Waals surface area (Å²) in [7, 11) is 0. The quantitative estimate of drug-likeness (QED) is 0.0577. The van der Waals surface area contributed by atoms with Gasteiger partial charge in [0.2, 0.25) is 23.6 Å². The molecule has 76 heavy (non-hydrogen) atoms. The van der Waals surface area contributed by atoms with Crippen LogP contribution in [0.15, 0.2) is 64.2 Å². The largest absolute Gasteiger partial charge is 0.493 e. The highest BCUT2D eigenvalue weighted by molar-refractivity contribution is 7.99. The molecule has 8 rings (SSSR count). The first-order chi connectivity index (χ1) is 36.3. The molecular weight excluding hydrogens is 1030 g/mol. The lowest BCUT2D eigenvalue weighted by Gasteiger charge is -2.39. The summed E-state index contributed by atoms with van der Waals surface area (Å²) in [5, 5.41) is 9.86. The number of nitrogens with one attached hydrogen (secondary N) is 3. The summed E-state index contributed by atoms with van der Waals surface area (Å²) in [5.41, 5.74) is 8.44. The number of anilines is 2. The molecule has 0 unspecified atom stereocenters. The molecule has 2 atom stereocenters. The van der Waals surface area contributed by atoms with Crippen molar-refractivity contribution in [2.75, 3.05) is 56.1 Å². The number of amides is 5. The number of carbonyl (C=O) groups excluding carboxylic acids is 5. The van der Waals surface area contributed by atoms with E-state index in [2.05, 4.69) is 42.7 Å². The molecule has 5 N–H and O–H groups in total. The summed E-state index contributed by atoms with van der Waals surface area (Å²) < 4.78 is 21.0. The van der Waals surface area contributed by atoms with Gasteiger partial charge in [0.1, 0.15) is 28.7 Å². The number of hydrogen-bond donors (Lipinski definition) is 4. The van der Waals surface area contributed by atoms with Gasteiger partial charge in [0.25, 0.3) is 5.91 Å². The molecule has 0 spiro atoms. The lowest BCUT2D eigenvalue weighted by molar-refractivity contribution is -0.144. The molecule has 2 aromatic carbocycles. The van der Waals surface area contributed by atoms with Crippen molar-refractivity contribution in [2.24, 2.45) is 22.5 Å². The van der Waals surface area contributed by atoms with E-state index in [0.717, 1.165) is 84.0 Å². The Morgan fingerprint density at radius 3 is 2.39 bits per heavy atom. The third kappa shape index (κ3) is 14.4. The number of likely N-dealkylation sites (tertiary alicyclic amines) is 2. The van der Waals surface area contributed by atoms with E-state index in [1.165, 1.54) is 28.0 Å². The van der Waals surface area contributed by atoms with Crippen LogP contribution in [0.25, 0.3) is 10.4 Å².